The number of aryl methyl sites for hydroxylation is 1. The summed E-state index contributed by atoms with van der Waals surface area (Å²) in [6.45, 7) is 2.05. The van der Waals surface area contributed by atoms with Gasteiger partial charge in [-0.1, -0.05) is 0 Å². The molecule has 1 fully saturated rings. The van der Waals surface area contributed by atoms with Crippen LogP contribution in [0.1, 0.15) is 29.8 Å². The van der Waals surface area contributed by atoms with E-state index in [9.17, 15) is 4.79 Å². The summed E-state index contributed by atoms with van der Waals surface area (Å²) in [5, 5.41) is 7.40. The quantitative estimate of drug-likeness (QED) is 0.819. The van der Waals surface area contributed by atoms with Crippen LogP contribution in [0.5, 0.6) is 0 Å². The fourth-order valence-electron chi connectivity index (χ4n) is 2.32. The number of amides is 1. The van der Waals surface area contributed by atoms with Crippen molar-refractivity contribution >= 4 is 5.91 Å². The first-order valence-corrected chi connectivity index (χ1v) is 6.16. The van der Waals surface area contributed by atoms with Crippen LogP contribution in [-0.2, 0) is 7.05 Å². The molecule has 1 saturated heterocycles. The molecule has 1 atom stereocenters. The molecule has 94 valence electrons. The third-order valence-electron chi connectivity index (χ3n) is 3.45. The Labute approximate surface area is 102 Å². The summed E-state index contributed by atoms with van der Waals surface area (Å²) in [7, 11) is 3.70. The van der Waals surface area contributed by atoms with Gasteiger partial charge in [-0.15, -0.1) is 0 Å². The van der Waals surface area contributed by atoms with E-state index in [1.165, 1.54) is 0 Å². The van der Waals surface area contributed by atoms with Gasteiger partial charge in [-0.05, 0) is 38.4 Å². The molecule has 1 aromatic rings. The van der Waals surface area contributed by atoms with Crippen LogP contribution in [0.25, 0.3) is 0 Å². The first kappa shape index (κ1) is 12.1. The van der Waals surface area contributed by atoms with Gasteiger partial charge < -0.3 is 10.2 Å². The highest BCUT2D eigenvalue weighted by molar-refractivity contribution is 5.92. The van der Waals surface area contributed by atoms with E-state index in [1.54, 1.807) is 24.0 Å². The van der Waals surface area contributed by atoms with E-state index < -0.39 is 0 Å². The van der Waals surface area contributed by atoms with Gasteiger partial charge in [0, 0.05) is 26.3 Å². The standard InChI is InChI=1S/C12H20N4O/c1-15(10-4-3-7-13-8-5-10)12(17)11-6-9-14-16(11)2/h6,9-10,13H,3-5,7-8H2,1-2H3. The first-order valence-electron chi connectivity index (χ1n) is 6.16. The lowest BCUT2D eigenvalue weighted by Gasteiger charge is -2.26. The van der Waals surface area contributed by atoms with Crippen LogP contribution in [-0.4, -0.2) is 46.8 Å². The van der Waals surface area contributed by atoms with Crippen molar-refractivity contribution in [1.82, 2.24) is 20.0 Å². The Morgan fingerprint density at radius 1 is 1.53 bits per heavy atom. The average Bonchev–Trinajstić information content (AvgIpc) is 2.60. The molecule has 0 saturated carbocycles. The van der Waals surface area contributed by atoms with Gasteiger partial charge in [-0.2, -0.15) is 5.10 Å². The number of nitrogens with zero attached hydrogens (tertiary/aromatic N) is 3. The van der Waals surface area contributed by atoms with Gasteiger partial charge in [0.1, 0.15) is 5.69 Å². The maximum absolute atomic E-state index is 12.3. The minimum atomic E-state index is 0.0666. The van der Waals surface area contributed by atoms with Crippen LogP contribution in [0, 0.1) is 0 Å². The summed E-state index contributed by atoms with van der Waals surface area (Å²) < 4.78 is 1.63. The van der Waals surface area contributed by atoms with Crippen molar-refractivity contribution in [2.45, 2.75) is 25.3 Å². The molecule has 0 aliphatic carbocycles. The van der Waals surface area contributed by atoms with Gasteiger partial charge in [0.2, 0.25) is 0 Å². The zero-order chi connectivity index (χ0) is 12.3. The third-order valence-corrected chi connectivity index (χ3v) is 3.45. The molecule has 1 aliphatic rings. The maximum atomic E-state index is 12.3. The number of hydrogen-bond acceptors (Lipinski definition) is 3. The van der Waals surface area contributed by atoms with Crippen molar-refractivity contribution in [3.05, 3.63) is 18.0 Å². The SMILES string of the molecule is CN(C(=O)c1ccnn1C)C1CCCNCC1. The second-order valence-corrected chi connectivity index (χ2v) is 4.59. The molecule has 0 aromatic carbocycles. The molecular formula is C12H20N4O. The van der Waals surface area contributed by atoms with Crippen LogP contribution in [0.15, 0.2) is 12.3 Å². The fourth-order valence-corrected chi connectivity index (χ4v) is 2.32. The van der Waals surface area contributed by atoms with Crippen LogP contribution in [0.2, 0.25) is 0 Å². The van der Waals surface area contributed by atoms with Crippen molar-refractivity contribution in [1.29, 1.82) is 0 Å². The lowest BCUT2D eigenvalue weighted by atomic mass is 10.1. The molecule has 1 N–H and O–H groups in total. The predicted octanol–water partition coefficient (Wildman–Crippen LogP) is 0.634. The second kappa shape index (κ2) is 5.31. The number of hydrogen-bond donors (Lipinski definition) is 1. The Morgan fingerprint density at radius 3 is 3.06 bits per heavy atom. The number of carbonyl (C=O) groups is 1. The van der Waals surface area contributed by atoms with Crippen LogP contribution >= 0.6 is 0 Å². The summed E-state index contributed by atoms with van der Waals surface area (Å²) in [5.41, 5.74) is 0.657. The van der Waals surface area contributed by atoms with Crippen LogP contribution in [0.4, 0.5) is 0 Å². The summed E-state index contributed by atoms with van der Waals surface area (Å²) in [4.78, 5) is 14.1. The number of rotatable bonds is 2. The number of nitrogens with one attached hydrogen (secondary N) is 1. The molecule has 2 heterocycles. The fraction of sp³-hybridized carbons (Fsp3) is 0.667. The lowest BCUT2D eigenvalue weighted by molar-refractivity contribution is 0.0709. The molecule has 5 nitrogen and oxygen atoms in total. The topological polar surface area (TPSA) is 50.2 Å². The Balaban J connectivity index is 2.06. The zero-order valence-corrected chi connectivity index (χ0v) is 10.5. The van der Waals surface area contributed by atoms with E-state index in [1.807, 2.05) is 11.9 Å². The highest BCUT2D eigenvalue weighted by Gasteiger charge is 2.23. The van der Waals surface area contributed by atoms with Crippen LogP contribution in [0.3, 0.4) is 0 Å². The van der Waals surface area contributed by atoms with Gasteiger partial charge in [0.25, 0.3) is 5.91 Å². The van der Waals surface area contributed by atoms with E-state index in [0.29, 0.717) is 11.7 Å². The molecule has 17 heavy (non-hydrogen) atoms. The van der Waals surface area contributed by atoms with Gasteiger partial charge in [-0.3, -0.25) is 9.48 Å². The lowest BCUT2D eigenvalue weighted by Crippen LogP contribution is -2.38. The molecule has 0 spiro atoms. The van der Waals surface area contributed by atoms with Crippen molar-refractivity contribution in [3.63, 3.8) is 0 Å². The maximum Gasteiger partial charge on any atom is 0.272 e. The van der Waals surface area contributed by atoms with Crippen molar-refractivity contribution < 1.29 is 4.79 Å². The molecule has 0 radical (unpaired) electrons. The Hall–Kier alpha value is -1.36. The number of carbonyl (C=O) groups excluding carboxylic acids is 1. The zero-order valence-electron chi connectivity index (χ0n) is 10.5. The number of aromatic nitrogens is 2. The molecular weight excluding hydrogens is 216 g/mol. The summed E-state index contributed by atoms with van der Waals surface area (Å²) in [6.07, 6.45) is 4.90. The minimum Gasteiger partial charge on any atom is -0.337 e. The molecule has 1 aromatic heterocycles. The smallest absolute Gasteiger partial charge is 0.272 e. The third kappa shape index (κ3) is 2.66. The van der Waals surface area contributed by atoms with Crippen molar-refractivity contribution in [3.8, 4) is 0 Å². The predicted molar refractivity (Wildman–Crippen MR) is 65.8 cm³/mol. The van der Waals surface area contributed by atoms with Gasteiger partial charge >= 0.3 is 0 Å². The highest BCUT2D eigenvalue weighted by atomic mass is 16.2. The monoisotopic (exact) mass is 236 g/mol. The van der Waals surface area contributed by atoms with Crippen LogP contribution < -0.4 is 5.32 Å². The molecule has 0 bridgehead atoms. The molecule has 1 unspecified atom stereocenters. The van der Waals surface area contributed by atoms with Gasteiger partial charge in [0.05, 0.1) is 0 Å². The highest BCUT2D eigenvalue weighted by Crippen LogP contribution is 2.14. The molecule has 1 amide bonds. The van der Waals surface area contributed by atoms with E-state index >= 15 is 0 Å². The van der Waals surface area contributed by atoms with E-state index in [2.05, 4.69) is 10.4 Å². The summed E-state index contributed by atoms with van der Waals surface area (Å²) in [5.74, 6) is 0.0666. The Kier molecular flexibility index (Phi) is 3.78. The van der Waals surface area contributed by atoms with Gasteiger partial charge in [-0.25, -0.2) is 0 Å². The second-order valence-electron chi connectivity index (χ2n) is 4.59. The Morgan fingerprint density at radius 2 is 2.35 bits per heavy atom. The molecule has 2 rings (SSSR count). The van der Waals surface area contributed by atoms with Crippen molar-refractivity contribution in [2.24, 2.45) is 7.05 Å². The van der Waals surface area contributed by atoms with Crippen molar-refractivity contribution in [2.75, 3.05) is 20.1 Å². The van der Waals surface area contributed by atoms with E-state index in [-0.39, 0.29) is 5.91 Å². The summed E-state index contributed by atoms with van der Waals surface area (Å²) in [6, 6.07) is 2.11. The van der Waals surface area contributed by atoms with Gasteiger partial charge in [0.15, 0.2) is 0 Å². The largest absolute Gasteiger partial charge is 0.337 e. The normalized spacial score (nSPS) is 20.9. The molecule has 1 aliphatic heterocycles. The molecule has 5 heteroatoms. The van der Waals surface area contributed by atoms with E-state index in [0.717, 1.165) is 32.4 Å². The summed E-state index contributed by atoms with van der Waals surface area (Å²) >= 11 is 0. The minimum absolute atomic E-state index is 0.0666. The Bertz CT molecular complexity index is 380. The van der Waals surface area contributed by atoms with E-state index in [4.69, 9.17) is 0 Å². The first-order chi connectivity index (χ1) is 8.20. The average molecular weight is 236 g/mol.